The smallest absolute Gasteiger partial charge is 0.254 e. The third kappa shape index (κ3) is 3.88. The number of anilines is 1. The zero-order valence-corrected chi connectivity index (χ0v) is 16.6. The van der Waals surface area contributed by atoms with E-state index in [1.807, 2.05) is 30.2 Å². The van der Waals surface area contributed by atoms with Crippen molar-refractivity contribution >= 4 is 27.7 Å². The number of carbonyl (C=O) groups excluding carboxylic acids is 1. The van der Waals surface area contributed by atoms with Gasteiger partial charge in [-0.25, -0.2) is 4.98 Å². The van der Waals surface area contributed by atoms with Gasteiger partial charge in [-0.1, -0.05) is 22.0 Å². The lowest BCUT2D eigenvalue weighted by Gasteiger charge is -2.36. The largest absolute Gasteiger partial charge is 0.353 e. The van der Waals surface area contributed by atoms with Gasteiger partial charge in [-0.15, -0.1) is 0 Å². The SMILES string of the molecule is Cc1cnc(N2CCN(C(=O)c3ccc(Br)cc3CC#N)CC2)c(C)c1. The summed E-state index contributed by atoms with van der Waals surface area (Å²) in [4.78, 5) is 21.6. The molecule has 1 aromatic carbocycles. The molecule has 1 aliphatic rings. The Morgan fingerprint density at radius 1 is 1.23 bits per heavy atom. The molecule has 0 radical (unpaired) electrons. The monoisotopic (exact) mass is 412 g/mol. The number of piperazine rings is 1. The van der Waals surface area contributed by atoms with E-state index in [2.05, 4.69) is 44.9 Å². The van der Waals surface area contributed by atoms with Gasteiger partial charge in [0, 0.05) is 42.4 Å². The van der Waals surface area contributed by atoms with Crippen LogP contribution in [0, 0.1) is 25.2 Å². The molecule has 1 fully saturated rings. The van der Waals surface area contributed by atoms with Gasteiger partial charge in [-0.05, 0) is 48.7 Å². The Balaban J connectivity index is 1.72. The first-order valence-electron chi connectivity index (χ1n) is 8.62. The molecule has 5 nitrogen and oxygen atoms in total. The van der Waals surface area contributed by atoms with Gasteiger partial charge in [0.25, 0.3) is 5.91 Å². The van der Waals surface area contributed by atoms with Gasteiger partial charge in [0.05, 0.1) is 12.5 Å². The Kier molecular flexibility index (Phi) is 5.58. The normalized spacial score (nSPS) is 14.2. The lowest BCUT2D eigenvalue weighted by Crippen LogP contribution is -2.49. The minimum Gasteiger partial charge on any atom is -0.353 e. The molecular formula is C20H21BrN4O. The van der Waals surface area contributed by atoms with E-state index in [0.717, 1.165) is 40.1 Å². The average Bonchev–Trinajstić information content (AvgIpc) is 2.62. The Morgan fingerprint density at radius 2 is 1.96 bits per heavy atom. The summed E-state index contributed by atoms with van der Waals surface area (Å²) in [5, 5.41) is 9.03. The predicted molar refractivity (Wildman–Crippen MR) is 105 cm³/mol. The van der Waals surface area contributed by atoms with Crippen molar-refractivity contribution in [3.05, 3.63) is 57.2 Å². The van der Waals surface area contributed by atoms with Crippen molar-refractivity contribution in [2.45, 2.75) is 20.3 Å². The van der Waals surface area contributed by atoms with Crippen molar-refractivity contribution in [3.63, 3.8) is 0 Å². The molecular weight excluding hydrogens is 392 g/mol. The first kappa shape index (κ1) is 18.4. The summed E-state index contributed by atoms with van der Waals surface area (Å²) in [6.07, 6.45) is 2.11. The average molecular weight is 413 g/mol. The van der Waals surface area contributed by atoms with Crippen LogP contribution in [0.5, 0.6) is 0 Å². The number of benzene rings is 1. The highest BCUT2D eigenvalue weighted by atomic mass is 79.9. The summed E-state index contributed by atoms with van der Waals surface area (Å²) in [5.41, 5.74) is 3.70. The molecule has 134 valence electrons. The molecule has 1 saturated heterocycles. The van der Waals surface area contributed by atoms with Crippen molar-refractivity contribution in [1.29, 1.82) is 5.26 Å². The minimum atomic E-state index is -0.00372. The Bertz CT molecular complexity index is 867. The highest BCUT2D eigenvalue weighted by Gasteiger charge is 2.25. The van der Waals surface area contributed by atoms with E-state index in [9.17, 15) is 4.79 Å². The fourth-order valence-electron chi connectivity index (χ4n) is 3.33. The standard InChI is InChI=1S/C20H21BrN4O/c1-14-11-15(2)19(23-13-14)24-7-9-25(10-8-24)20(26)18-4-3-17(21)12-16(18)5-6-22/h3-4,11-13H,5,7-10H2,1-2H3. The van der Waals surface area contributed by atoms with Crippen molar-refractivity contribution in [2.75, 3.05) is 31.1 Å². The molecule has 2 heterocycles. The molecule has 26 heavy (non-hydrogen) atoms. The number of amides is 1. The number of carbonyl (C=O) groups is 1. The van der Waals surface area contributed by atoms with Crippen molar-refractivity contribution in [1.82, 2.24) is 9.88 Å². The molecule has 0 aliphatic carbocycles. The second-order valence-corrected chi connectivity index (χ2v) is 7.48. The molecule has 0 saturated carbocycles. The van der Waals surface area contributed by atoms with E-state index in [1.54, 1.807) is 6.07 Å². The second-order valence-electron chi connectivity index (χ2n) is 6.57. The highest BCUT2D eigenvalue weighted by molar-refractivity contribution is 9.10. The number of hydrogen-bond acceptors (Lipinski definition) is 4. The molecule has 1 amide bonds. The summed E-state index contributed by atoms with van der Waals surface area (Å²) in [6.45, 7) is 6.92. The van der Waals surface area contributed by atoms with E-state index >= 15 is 0 Å². The predicted octanol–water partition coefficient (Wildman–Crippen LogP) is 3.49. The zero-order chi connectivity index (χ0) is 18.7. The highest BCUT2D eigenvalue weighted by Crippen LogP contribution is 2.22. The number of halogens is 1. The van der Waals surface area contributed by atoms with Crippen LogP contribution >= 0.6 is 15.9 Å². The van der Waals surface area contributed by atoms with E-state index < -0.39 is 0 Å². The summed E-state index contributed by atoms with van der Waals surface area (Å²) in [5.74, 6) is 0.993. The van der Waals surface area contributed by atoms with Crippen LogP contribution in [0.1, 0.15) is 27.0 Å². The second kappa shape index (κ2) is 7.88. The summed E-state index contributed by atoms with van der Waals surface area (Å²) in [6, 6.07) is 9.78. The van der Waals surface area contributed by atoms with Crippen LogP contribution in [-0.2, 0) is 6.42 Å². The van der Waals surface area contributed by atoms with Gasteiger partial charge in [0.15, 0.2) is 0 Å². The Hall–Kier alpha value is -2.39. The number of rotatable bonds is 3. The molecule has 1 aromatic heterocycles. The van der Waals surface area contributed by atoms with E-state index in [1.165, 1.54) is 0 Å². The van der Waals surface area contributed by atoms with Crippen LogP contribution < -0.4 is 4.90 Å². The molecule has 6 heteroatoms. The van der Waals surface area contributed by atoms with E-state index in [4.69, 9.17) is 5.26 Å². The van der Waals surface area contributed by atoms with E-state index in [0.29, 0.717) is 18.7 Å². The molecule has 0 N–H and O–H groups in total. The first-order valence-corrected chi connectivity index (χ1v) is 9.41. The van der Waals surface area contributed by atoms with Gasteiger partial charge in [0.2, 0.25) is 0 Å². The summed E-state index contributed by atoms with van der Waals surface area (Å²) < 4.78 is 0.880. The minimum absolute atomic E-state index is 0.00372. The van der Waals surface area contributed by atoms with Gasteiger partial charge >= 0.3 is 0 Å². The lowest BCUT2D eigenvalue weighted by atomic mass is 10.0. The van der Waals surface area contributed by atoms with Crippen molar-refractivity contribution in [3.8, 4) is 6.07 Å². The van der Waals surface area contributed by atoms with Crippen LogP contribution in [0.15, 0.2) is 34.9 Å². The Labute approximate surface area is 162 Å². The van der Waals surface area contributed by atoms with Gasteiger partial charge in [-0.3, -0.25) is 4.79 Å². The van der Waals surface area contributed by atoms with Gasteiger partial charge < -0.3 is 9.80 Å². The summed E-state index contributed by atoms with van der Waals surface area (Å²) >= 11 is 3.41. The number of aromatic nitrogens is 1. The molecule has 0 bridgehead atoms. The topological polar surface area (TPSA) is 60.2 Å². The number of nitrogens with zero attached hydrogens (tertiary/aromatic N) is 4. The van der Waals surface area contributed by atoms with Crippen LogP contribution in [0.3, 0.4) is 0 Å². The maximum atomic E-state index is 12.9. The van der Waals surface area contributed by atoms with E-state index in [-0.39, 0.29) is 12.3 Å². The quantitative estimate of drug-likeness (QED) is 0.773. The molecule has 2 aromatic rings. The molecule has 1 aliphatic heterocycles. The lowest BCUT2D eigenvalue weighted by molar-refractivity contribution is 0.0745. The molecule has 3 rings (SSSR count). The fourth-order valence-corrected chi connectivity index (χ4v) is 3.74. The number of hydrogen-bond donors (Lipinski definition) is 0. The van der Waals surface area contributed by atoms with Gasteiger partial charge in [0.1, 0.15) is 5.82 Å². The zero-order valence-electron chi connectivity index (χ0n) is 15.0. The molecule has 0 unspecified atom stereocenters. The molecule has 0 spiro atoms. The molecule has 0 atom stereocenters. The third-order valence-electron chi connectivity index (χ3n) is 4.62. The number of aryl methyl sites for hydroxylation is 2. The van der Waals surface area contributed by atoms with Crippen molar-refractivity contribution < 1.29 is 4.79 Å². The Morgan fingerprint density at radius 3 is 2.62 bits per heavy atom. The van der Waals surface area contributed by atoms with Crippen LogP contribution in [0.4, 0.5) is 5.82 Å². The van der Waals surface area contributed by atoms with Crippen LogP contribution in [0.2, 0.25) is 0 Å². The van der Waals surface area contributed by atoms with Gasteiger partial charge in [-0.2, -0.15) is 5.26 Å². The van der Waals surface area contributed by atoms with Crippen LogP contribution in [-0.4, -0.2) is 42.0 Å². The number of pyridine rings is 1. The maximum Gasteiger partial charge on any atom is 0.254 e. The fraction of sp³-hybridized carbons (Fsp3) is 0.350. The number of nitriles is 1. The summed E-state index contributed by atoms with van der Waals surface area (Å²) in [7, 11) is 0. The first-order chi connectivity index (χ1) is 12.5. The van der Waals surface area contributed by atoms with Crippen molar-refractivity contribution in [2.24, 2.45) is 0 Å². The third-order valence-corrected chi connectivity index (χ3v) is 5.11. The maximum absolute atomic E-state index is 12.9. The van der Waals surface area contributed by atoms with Crippen LogP contribution in [0.25, 0.3) is 0 Å².